The predicted molar refractivity (Wildman–Crippen MR) is 82.6 cm³/mol. The fraction of sp³-hybridized carbons (Fsp3) is 0.0714. The lowest BCUT2D eigenvalue weighted by atomic mass is 10.3. The molecule has 0 bridgehead atoms. The van der Waals surface area contributed by atoms with Crippen LogP contribution < -0.4 is 10.6 Å². The van der Waals surface area contributed by atoms with Gasteiger partial charge in [-0.25, -0.2) is 8.78 Å². The number of benzene rings is 2. The summed E-state index contributed by atoms with van der Waals surface area (Å²) in [4.78, 5) is 11.7. The lowest BCUT2D eigenvalue weighted by molar-refractivity contribution is -0.114. The van der Waals surface area contributed by atoms with E-state index in [4.69, 9.17) is 11.6 Å². The van der Waals surface area contributed by atoms with Crippen molar-refractivity contribution in [1.29, 1.82) is 0 Å². The Bertz CT molecular complexity index is 682. The van der Waals surface area contributed by atoms with Crippen molar-refractivity contribution in [3.05, 3.63) is 57.5 Å². The second-order valence-electron chi connectivity index (χ2n) is 4.15. The lowest BCUT2D eigenvalue weighted by Gasteiger charge is -2.10. The molecule has 0 spiro atoms. The number of nitrogens with one attached hydrogen (secondary N) is 2. The van der Waals surface area contributed by atoms with Gasteiger partial charge < -0.3 is 10.6 Å². The summed E-state index contributed by atoms with van der Waals surface area (Å²) in [6, 6.07) is 7.98. The SMILES string of the molecule is O=C(CNc1ccc(Br)cc1Cl)Nc1cc(F)ccc1F. The first-order valence-corrected chi connectivity index (χ1v) is 7.06. The van der Waals surface area contributed by atoms with Crippen molar-refractivity contribution >= 4 is 44.8 Å². The fourth-order valence-electron chi connectivity index (χ4n) is 1.60. The molecule has 2 aromatic rings. The largest absolute Gasteiger partial charge is 0.375 e. The van der Waals surface area contributed by atoms with Gasteiger partial charge in [0, 0.05) is 10.5 Å². The van der Waals surface area contributed by atoms with E-state index in [2.05, 4.69) is 26.6 Å². The van der Waals surface area contributed by atoms with Crippen LogP contribution in [-0.2, 0) is 4.79 Å². The van der Waals surface area contributed by atoms with E-state index in [-0.39, 0.29) is 12.2 Å². The van der Waals surface area contributed by atoms with Crippen molar-refractivity contribution in [3.63, 3.8) is 0 Å². The highest BCUT2D eigenvalue weighted by Crippen LogP contribution is 2.25. The molecule has 0 atom stereocenters. The molecule has 0 aliphatic carbocycles. The van der Waals surface area contributed by atoms with E-state index in [9.17, 15) is 13.6 Å². The second kappa shape index (κ2) is 6.87. The van der Waals surface area contributed by atoms with Crippen LogP contribution >= 0.6 is 27.5 Å². The molecule has 0 aromatic heterocycles. The average molecular weight is 376 g/mol. The Morgan fingerprint density at radius 2 is 1.90 bits per heavy atom. The first-order valence-electron chi connectivity index (χ1n) is 5.89. The van der Waals surface area contributed by atoms with E-state index < -0.39 is 17.5 Å². The van der Waals surface area contributed by atoms with Crippen LogP contribution in [0.4, 0.5) is 20.2 Å². The monoisotopic (exact) mass is 374 g/mol. The molecule has 110 valence electrons. The summed E-state index contributed by atoms with van der Waals surface area (Å²) in [6.45, 7) is -0.128. The lowest BCUT2D eigenvalue weighted by Crippen LogP contribution is -2.22. The minimum atomic E-state index is -0.702. The number of rotatable bonds is 4. The van der Waals surface area contributed by atoms with Crippen LogP contribution in [0.2, 0.25) is 5.02 Å². The standard InChI is InChI=1S/C14H10BrClF2N2O/c15-8-1-4-12(10(16)5-8)19-7-14(21)20-13-6-9(17)2-3-11(13)18/h1-6,19H,7H2,(H,20,21). The van der Waals surface area contributed by atoms with E-state index >= 15 is 0 Å². The van der Waals surface area contributed by atoms with Crippen LogP contribution in [0.1, 0.15) is 0 Å². The first kappa shape index (κ1) is 15.7. The Labute approximate surface area is 133 Å². The second-order valence-corrected chi connectivity index (χ2v) is 5.47. The Kier molecular flexibility index (Phi) is 5.14. The van der Waals surface area contributed by atoms with Gasteiger partial charge in [-0.3, -0.25) is 4.79 Å². The average Bonchev–Trinajstić information content (AvgIpc) is 2.42. The van der Waals surface area contributed by atoms with E-state index in [1.54, 1.807) is 18.2 Å². The molecule has 0 radical (unpaired) electrons. The maximum atomic E-state index is 13.4. The summed E-state index contributed by atoms with van der Waals surface area (Å²) in [5.41, 5.74) is 0.360. The Morgan fingerprint density at radius 3 is 2.62 bits per heavy atom. The minimum Gasteiger partial charge on any atom is -0.375 e. The third-order valence-electron chi connectivity index (χ3n) is 2.57. The summed E-state index contributed by atoms with van der Waals surface area (Å²) in [6.07, 6.45) is 0. The number of anilines is 2. The summed E-state index contributed by atoms with van der Waals surface area (Å²) in [5.74, 6) is -1.85. The van der Waals surface area contributed by atoms with E-state index in [0.717, 1.165) is 22.7 Å². The van der Waals surface area contributed by atoms with Crippen molar-refractivity contribution in [2.75, 3.05) is 17.2 Å². The molecule has 0 fully saturated rings. The molecule has 0 saturated carbocycles. The van der Waals surface area contributed by atoms with Crippen molar-refractivity contribution in [2.45, 2.75) is 0 Å². The van der Waals surface area contributed by atoms with Gasteiger partial charge in [0.2, 0.25) is 5.91 Å². The molecular formula is C14H10BrClF2N2O. The minimum absolute atomic E-state index is 0.128. The van der Waals surface area contributed by atoms with Gasteiger partial charge >= 0.3 is 0 Å². The third-order valence-corrected chi connectivity index (χ3v) is 3.38. The zero-order valence-electron chi connectivity index (χ0n) is 10.6. The van der Waals surface area contributed by atoms with Gasteiger partial charge in [0.25, 0.3) is 0 Å². The quantitative estimate of drug-likeness (QED) is 0.830. The van der Waals surface area contributed by atoms with Gasteiger partial charge in [-0.05, 0) is 30.3 Å². The van der Waals surface area contributed by atoms with Crippen molar-refractivity contribution in [3.8, 4) is 0 Å². The molecule has 2 rings (SSSR count). The molecule has 0 aliphatic heterocycles. The van der Waals surface area contributed by atoms with Crippen molar-refractivity contribution in [2.24, 2.45) is 0 Å². The number of carbonyl (C=O) groups is 1. The van der Waals surface area contributed by atoms with Gasteiger partial charge in [-0.1, -0.05) is 27.5 Å². The molecule has 0 aliphatic rings. The van der Waals surface area contributed by atoms with Crippen LogP contribution in [0.3, 0.4) is 0 Å². The molecule has 0 unspecified atom stereocenters. The van der Waals surface area contributed by atoms with Crippen molar-refractivity contribution < 1.29 is 13.6 Å². The number of amides is 1. The van der Waals surface area contributed by atoms with Gasteiger partial charge in [0.15, 0.2) is 0 Å². The van der Waals surface area contributed by atoms with E-state index in [1.807, 2.05) is 0 Å². The van der Waals surface area contributed by atoms with Crippen molar-refractivity contribution in [1.82, 2.24) is 0 Å². The molecule has 2 N–H and O–H groups in total. The molecule has 7 heteroatoms. The highest BCUT2D eigenvalue weighted by Gasteiger charge is 2.09. The summed E-state index contributed by atoms with van der Waals surface area (Å²) in [5, 5.41) is 5.54. The van der Waals surface area contributed by atoms with Crippen LogP contribution in [0.5, 0.6) is 0 Å². The van der Waals surface area contributed by atoms with Crippen LogP contribution in [0.25, 0.3) is 0 Å². The molecule has 3 nitrogen and oxygen atoms in total. The molecule has 1 amide bonds. The molecular weight excluding hydrogens is 366 g/mol. The van der Waals surface area contributed by atoms with E-state index in [1.165, 1.54) is 0 Å². The Morgan fingerprint density at radius 1 is 1.14 bits per heavy atom. The van der Waals surface area contributed by atoms with Gasteiger partial charge in [0.1, 0.15) is 11.6 Å². The third kappa shape index (κ3) is 4.41. The van der Waals surface area contributed by atoms with Crippen LogP contribution in [-0.4, -0.2) is 12.5 Å². The van der Waals surface area contributed by atoms with Gasteiger partial charge in [0.05, 0.1) is 22.9 Å². The summed E-state index contributed by atoms with van der Waals surface area (Å²) < 4.78 is 27.2. The number of halogens is 4. The molecule has 21 heavy (non-hydrogen) atoms. The highest BCUT2D eigenvalue weighted by atomic mass is 79.9. The zero-order valence-corrected chi connectivity index (χ0v) is 12.9. The topological polar surface area (TPSA) is 41.1 Å². The summed E-state index contributed by atoms with van der Waals surface area (Å²) in [7, 11) is 0. The predicted octanol–water partition coefficient (Wildman–Crippen LogP) is 4.43. The van der Waals surface area contributed by atoms with E-state index in [0.29, 0.717) is 10.7 Å². The maximum absolute atomic E-state index is 13.4. The number of hydrogen-bond donors (Lipinski definition) is 2. The fourth-order valence-corrected chi connectivity index (χ4v) is 2.34. The Hall–Kier alpha value is -1.66. The smallest absolute Gasteiger partial charge is 0.243 e. The maximum Gasteiger partial charge on any atom is 0.243 e. The van der Waals surface area contributed by atoms with Gasteiger partial charge in [-0.2, -0.15) is 0 Å². The van der Waals surface area contributed by atoms with Gasteiger partial charge in [-0.15, -0.1) is 0 Å². The Balaban J connectivity index is 1.97. The summed E-state index contributed by atoms with van der Waals surface area (Å²) >= 11 is 9.25. The van der Waals surface area contributed by atoms with Crippen LogP contribution in [0.15, 0.2) is 40.9 Å². The highest BCUT2D eigenvalue weighted by molar-refractivity contribution is 9.10. The molecule has 0 saturated heterocycles. The molecule has 2 aromatic carbocycles. The first-order chi connectivity index (χ1) is 9.95. The van der Waals surface area contributed by atoms with Crippen LogP contribution in [0, 0.1) is 11.6 Å². The molecule has 0 heterocycles. The zero-order chi connectivity index (χ0) is 15.4. The normalized spacial score (nSPS) is 10.3. The number of carbonyl (C=O) groups excluding carboxylic acids is 1. The number of hydrogen-bond acceptors (Lipinski definition) is 2.